The first-order chi connectivity index (χ1) is 13.2. The van der Waals surface area contributed by atoms with E-state index in [9.17, 15) is 4.79 Å². The van der Waals surface area contributed by atoms with Gasteiger partial charge in [-0.15, -0.1) is 0 Å². The molecule has 0 aliphatic heterocycles. The van der Waals surface area contributed by atoms with Crippen LogP contribution >= 0.6 is 0 Å². The molecule has 1 amide bonds. The highest BCUT2D eigenvalue weighted by atomic mass is 16.5. The Labute approximate surface area is 158 Å². The Bertz CT molecular complexity index is 907. The maximum Gasteiger partial charge on any atom is 0.241 e. The SMILES string of the molecule is CNC(=O)Cn1cc(-n2ccnc2-c2ccc(OC3CCCC3)cc2)cn1. The lowest BCUT2D eigenvalue weighted by Gasteiger charge is -2.13. The number of nitrogens with one attached hydrogen (secondary N) is 1. The molecule has 1 fully saturated rings. The van der Waals surface area contributed by atoms with Gasteiger partial charge >= 0.3 is 0 Å². The van der Waals surface area contributed by atoms with Gasteiger partial charge in [0.05, 0.1) is 18.0 Å². The number of carbonyl (C=O) groups excluding carboxylic acids is 1. The molecule has 7 nitrogen and oxygen atoms in total. The molecule has 7 heteroatoms. The molecule has 1 saturated carbocycles. The maximum absolute atomic E-state index is 11.5. The van der Waals surface area contributed by atoms with E-state index in [0.29, 0.717) is 6.10 Å². The molecule has 1 aromatic carbocycles. The quantitative estimate of drug-likeness (QED) is 0.729. The molecule has 2 aromatic heterocycles. The van der Waals surface area contributed by atoms with E-state index in [1.807, 2.05) is 41.2 Å². The maximum atomic E-state index is 11.5. The van der Waals surface area contributed by atoms with E-state index >= 15 is 0 Å². The number of aromatic nitrogens is 4. The number of imidazole rings is 1. The number of likely N-dealkylation sites (N-methyl/N-ethyl adjacent to an activating group) is 1. The van der Waals surface area contributed by atoms with Crippen LogP contribution in [0.25, 0.3) is 17.1 Å². The average Bonchev–Trinajstić information content (AvgIpc) is 3.43. The predicted octanol–water partition coefficient (Wildman–Crippen LogP) is 2.80. The second kappa shape index (κ2) is 7.65. The summed E-state index contributed by atoms with van der Waals surface area (Å²) in [5.41, 5.74) is 1.86. The van der Waals surface area contributed by atoms with Crippen LogP contribution in [0.3, 0.4) is 0 Å². The van der Waals surface area contributed by atoms with Crippen molar-refractivity contribution in [3.63, 3.8) is 0 Å². The summed E-state index contributed by atoms with van der Waals surface area (Å²) in [5.74, 6) is 1.64. The van der Waals surface area contributed by atoms with Crippen LogP contribution in [0.5, 0.6) is 5.75 Å². The fourth-order valence-corrected chi connectivity index (χ4v) is 3.40. The second-order valence-electron chi connectivity index (χ2n) is 6.74. The van der Waals surface area contributed by atoms with E-state index in [-0.39, 0.29) is 12.5 Å². The summed E-state index contributed by atoms with van der Waals surface area (Å²) in [7, 11) is 1.61. The van der Waals surface area contributed by atoms with Gasteiger partial charge in [-0.3, -0.25) is 14.0 Å². The van der Waals surface area contributed by atoms with Crippen molar-refractivity contribution in [2.45, 2.75) is 38.3 Å². The minimum absolute atomic E-state index is 0.0895. The monoisotopic (exact) mass is 365 g/mol. The minimum atomic E-state index is -0.0895. The zero-order chi connectivity index (χ0) is 18.6. The molecule has 0 saturated heterocycles. The molecule has 0 atom stereocenters. The molecule has 3 aromatic rings. The molecular weight excluding hydrogens is 342 g/mol. The minimum Gasteiger partial charge on any atom is -0.490 e. The van der Waals surface area contributed by atoms with E-state index in [1.165, 1.54) is 12.8 Å². The van der Waals surface area contributed by atoms with Gasteiger partial charge in [0.25, 0.3) is 0 Å². The molecule has 1 N–H and O–H groups in total. The molecule has 4 rings (SSSR count). The van der Waals surface area contributed by atoms with Gasteiger partial charge < -0.3 is 10.1 Å². The molecule has 1 aliphatic rings. The normalized spacial score (nSPS) is 14.4. The van der Waals surface area contributed by atoms with Crippen molar-refractivity contribution in [2.75, 3.05) is 7.05 Å². The molecule has 27 heavy (non-hydrogen) atoms. The second-order valence-corrected chi connectivity index (χ2v) is 6.74. The van der Waals surface area contributed by atoms with Crippen LogP contribution in [0.4, 0.5) is 0 Å². The van der Waals surface area contributed by atoms with Crippen molar-refractivity contribution in [3.8, 4) is 22.8 Å². The first-order valence-corrected chi connectivity index (χ1v) is 9.27. The standard InChI is InChI=1S/C20H23N5O2/c1-21-19(26)14-24-13-16(12-23-24)25-11-10-22-20(25)15-6-8-18(9-7-15)27-17-4-2-3-5-17/h6-13,17H,2-5,14H2,1H3,(H,21,26). The van der Waals surface area contributed by atoms with Crippen LogP contribution in [0.2, 0.25) is 0 Å². The molecule has 140 valence electrons. The number of amides is 1. The van der Waals surface area contributed by atoms with Crippen LogP contribution < -0.4 is 10.1 Å². The third-order valence-electron chi connectivity index (χ3n) is 4.84. The first-order valence-electron chi connectivity index (χ1n) is 9.27. The molecular formula is C20H23N5O2. The number of ether oxygens (including phenoxy) is 1. The Morgan fingerprint density at radius 1 is 1.26 bits per heavy atom. The number of nitrogens with zero attached hydrogens (tertiary/aromatic N) is 4. The number of carbonyl (C=O) groups is 1. The van der Waals surface area contributed by atoms with E-state index in [1.54, 1.807) is 24.1 Å². The van der Waals surface area contributed by atoms with Crippen LogP contribution in [0.15, 0.2) is 49.1 Å². The lowest BCUT2D eigenvalue weighted by atomic mass is 10.2. The summed E-state index contributed by atoms with van der Waals surface area (Å²) >= 11 is 0. The highest BCUT2D eigenvalue weighted by Gasteiger charge is 2.16. The van der Waals surface area contributed by atoms with Crippen molar-refractivity contribution in [1.82, 2.24) is 24.6 Å². The summed E-state index contributed by atoms with van der Waals surface area (Å²) in [6.07, 6.45) is 12.4. The van der Waals surface area contributed by atoms with Gasteiger partial charge in [0, 0.05) is 31.2 Å². The lowest BCUT2D eigenvalue weighted by Crippen LogP contribution is -2.23. The van der Waals surface area contributed by atoms with Crippen LogP contribution in [0.1, 0.15) is 25.7 Å². The fraction of sp³-hybridized carbons (Fsp3) is 0.350. The van der Waals surface area contributed by atoms with Crippen molar-refractivity contribution >= 4 is 5.91 Å². The molecule has 1 aliphatic carbocycles. The van der Waals surface area contributed by atoms with Gasteiger partial charge in [0.2, 0.25) is 5.91 Å². The van der Waals surface area contributed by atoms with Gasteiger partial charge in [-0.25, -0.2) is 4.98 Å². The van der Waals surface area contributed by atoms with E-state index < -0.39 is 0 Å². The third kappa shape index (κ3) is 3.86. The predicted molar refractivity (Wildman–Crippen MR) is 102 cm³/mol. The summed E-state index contributed by atoms with van der Waals surface area (Å²) in [6, 6.07) is 8.06. The lowest BCUT2D eigenvalue weighted by molar-refractivity contribution is -0.121. The zero-order valence-electron chi connectivity index (χ0n) is 15.3. The Kier molecular flexibility index (Phi) is 4.91. The Hall–Kier alpha value is -3.09. The largest absolute Gasteiger partial charge is 0.490 e. The van der Waals surface area contributed by atoms with E-state index in [0.717, 1.165) is 35.7 Å². The van der Waals surface area contributed by atoms with Crippen molar-refractivity contribution in [1.29, 1.82) is 0 Å². The van der Waals surface area contributed by atoms with Gasteiger partial charge in [0.1, 0.15) is 18.1 Å². The van der Waals surface area contributed by atoms with E-state index in [2.05, 4.69) is 15.4 Å². The summed E-state index contributed by atoms with van der Waals surface area (Å²) < 4.78 is 9.60. The zero-order valence-corrected chi connectivity index (χ0v) is 15.3. The van der Waals surface area contributed by atoms with Gasteiger partial charge in [-0.1, -0.05) is 0 Å². The van der Waals surface area contributed by atoms with Crippen molar-refractivity contribution < 1.29 is 9.53 Å². The van der Waals surface area contributed by atoms with Crippen molar-refractivity contribution in [2.24, 2.45) is 0 Å². The fourth-order valence-electron chi connectivity index (χ4n) is 3.40. The summed E-state index contributed by atoms with van der Waals surface area (Å²) in [6.45, 7) is 0.188. The van der Waals surface area contributed by atoms with Crippen molar-refractivity contribution in [3.05, 3.63) is 49.1 Å². The van der Waals surface area contributed by atoms with Gasteiger partial charge in [-0.2, -0.15) is 5.10 Å². The summed E-state index contributed by atoms with van der Waals surface area (Å²) in [5, 5.41) is 6.85. The third-order valence-corrected chi connectivity index (χ3v) is 4.84. The Morgan fingerprint density at radius 3 is 2.78 bits per heavy atom. The molecule has 0 radical (unpaired) electrons. The topological polar surface area (TPSA) is 74.0 Å². The van der Waals surface area contributed by atoms with Crippen LogP contribution in [-0.2, 0) is 11.3 Å². The summed E-state index contributed by atoms with van der Waals surface area (Å²) in [4.78, 5) is 16.0. The number of hydrogen-bond acceptors (Lipinski definition) is 4. The molecule has 2 heterocycles. The highest BCUT2D eigenvalue weighted by Crippen LogP contribution is 2.27. The number of benzene rings is 1. The van der Waals surface area contributed by atoms with Gasteiger partial charge in [-0.05, 0) is 49.9 Å². The average molecular weight is 365 g/mol. The highest BCUT2D eigenvalue weighted by molar-refractivity contribution is 5.75. The molecule has 0 spiro atoms. The first kappa shape index (κ1) is 17.3. The smallest absolute Gasteiger partial charge is 0.241 e. The molecule has 0 unspecified atom stereocenters. The Morgan fingerprint density at radius 2 is 2.04 bits per heavy atom. The number of rotatable bonds is 6. The van der Waals surface area contributed by atoms with Crippen LogP contribution in [-0.4, -0.2) is 38.4 Å². The van der Waals surface area contributed by atoms with Gasteiger partial charge in [0.15, 0.2) is 0 Å². The Balaban J connectivity index is 1.52. The van der Waals surface area contributed by atoms with E-state index in [4.69, 9.17) is 4.74 Å². The number of hydrogen-bond donors (Lipinski definition) is 1. The van der Waals surface area contributed by atoms with Crippen LogP contribution in [0, 0.1) is 0 Å². The molecule has 0 bridgehead atoms.